The Labute approximate surface area is 188 Å². The van der Waals surface area contributed by atoms with Crippen LogP contribution in [0.4, 0.5) is 0 Å². The van der Waals surface area contributed by atoms with Gasteiger partial charge in [-0.25, -0.2) is 0 Å². The number of carbonyl (C=O) groups excluding carboxylic acids is 1. The Hall–Kier alpha value is -1.39. The molecule has 5 rings (SSSR count). The van der Waals surface area contributed by atoms with E-state index in [1.807, 2.05) is 0 Å². The Bertz CT molecular complexity index is 714. The molecule has 1 amide bonds. The fourth-order valence-corrected chi connectivity index (χ4v) is 7.32. The van der Waals surface area contributed by atoms with Crippen LogP contribution in [0.15, 0.2) is 30.3 Å². The number of nitrogens with zero attached hydrogens (tertiary/aromatic N) is 2. The van der Waals surface area contributed by atoms with Crippen LogP contribution in [-0.2, 0) is 11.3 Å². The molecule has 1 aromatic carbocycles. The number of nitrogens with one attached hydrogen (secondary N) is 1. The van der Waals surface area contributed by atoms with Crippen molar-refractivity contribution >= 4 is 5.91 Å². The van der Waals surface area contributed by atoms with Crippen LogP contribution < -0.4 is 5.32 Å². The Morgan fingerprint density at radius 1 is 0.968 bits per heavy atom. The summed E-state index contributed by atoms with van der Waals surface area (Å²) in [5, 5.41) is 3.30. The van der Waals surface area contributed by atoms with Crippen LogP contribution >= 0.6 is 0 Å². The zero-order valence-corrected chi connectivity index (χ0v) is 19.2. The summed E-state index contributed by atoms with van der Waals surface area (Å²) in [5.41, 5.74) is 1.44. The van der Waals surface area contributed by atoms with Gasteiger partial charge in [0, 0.05) is 37.6 Å². The van der Waals surface area contributed by atoms with Gasteiger partial charge >= 0.3 is 0 Å². The second kappa shape index (κ2) is 10.0. The van der Waals surface area contributed by atoms with Crippen LogP contribution in [0, 0.1) is 11.8 Å². The van der Waals surface area contributed by atoms with Gasteiger partial charge in [-0.05, 0) is 81.9 Å². The van der Waals surface area contributed by atoms with Gasteiger partial charge in [0.25, 0.3) is 0 Å². The average molecular weight is 424 g/mol. The lowest BCUT2D eigenvalue weighted by Gasteiger charge is -2.57. The Morgan fingerprint density at radius 3 is 2.55 bits per heavy atom. The normalized spacial score (nSPS) is 32.0. The summed E-state index contributed by atoms with van der Waals surface area (Å²) in [6, 6.07) is 12.9. The predicted molar refractivity (Wildman–Crippen MR) is 126 cm³/mol. The molecule has 1 aliphatic carbocycles. The highest BCUT2D eigenvalue weighted by molar-refractivity contribution is 5.76. The van der Waals surface area contributed by atoms with Gasteiger partial charge in [0.1, 0.15) is 0 Å². The fourth-order valence-electron chi connectivity index (χ4n) is 7.32. The molecule has 1 saturated carbocycles. The summed E-state index contributed by atoms with van der Waals surface area (Å²) in [4.78, 5) is 18.2. The molecule has 3 aliphatic heterocycles. The highest BCUT2D eigenvalue weighted by atomic mass is 16.1. The Balaban J connectivity index is 1.25. The van der Waals surface area contributed by atoms with Crippen molar-refractivity contribution in [2.75, 3.05) is 19.6 Å². The van der Waals surface area contributed by atoms with Gasteiger partial charge in [0.15, 0.2) is 0 Å². The first-order valence-electron chi connectivity index (χ1n) is 13.1. The van der Waals surface area contributed by atoms with E-state index < -0.39 is 0 Å². The van der Waals surface area contributed by atoms with Crippen molar-refractivity contribution in [2.24, 2.45) is 11.8 Å². The number of piperidine rings is 3. The molecular formula is C27H41N3O. The van der Waals surface area contributed by atoms with Gasteiger partial charge in [-0.15, -0.1) is 0 Å². The molecule has 4 atom stereocenters. The Kier molecular flexibility index (Phi) is 6.95. The van der Waals surface area contributed by atoms with Crippen LogP contribution in [0.2, 0.25) is 0 Å². The lowest BCUT2D eigenvalue weighted by atomic mass is 9.69. The van der Waals surface area contributed by atoms with Crippen LogP contribution in [0.1, 0.15) is 76.2 Å². The second-order valence-corrected chi connectivity index (χ2v) is 10.7. The molecule has 31 heavy (non-hydrogen) atoms. The van der Waals surface area contributed by atoms with E-state index in [9.17, 15) is 4.79 Å². The highest BCUT2D eigenvalue weighted by Crippen LogP contribution is 2.43. The first-order chi connectivity index (χ1) is 15.3. The first kappa shape index (κ1) is 21.5. The largest absolute Gasteiger partial charge is 0.353 e. The zero-order valence-electron chi connectivity index (χ0n) is 19.2. The van der Waals surface area contributed by atoms with E-state index in [4.69, 9.17) is 0 Å². The molecule has 4 heteroatoms. The minimum absolute atomic E-state index is 0.290. The number of carbonyl (C=O) groups is 1. The van der Waals surface area contributed by atoms with E-state index in [-0.39, 0.29) is 5.91 Å². The molecule has 4 fully saturated rings. The van der Waals surface area contributed by atoms with Crippen molar-refractivity contribution in [1.82, 2.24) is 15.1 Å². The van der Waals surface area contributed by atoms with Crippen LogP contribution in [0.5, 0.6) is 0 Å². The summed E-state index contributed by atoms with van der Waals surface area (Å²) in [5.74, 6) is 1.91. The average Bonchev–Trinajstić information content (AvgIpc) is 3.30. The molecule has 3 heterocycles. The van der Waals surface area contributed by atoms with Crippen molar-refractivity contribution in [3.8, 4) is 0 Å². The molecule has 3 saturated heterocycles. The van der Waals surface area contributed by atoms with E-state index in [2.05, 4.69) is 45.4 Å². The molecular weight excluding hydrogens is 382 g/mol. The van der Waals surface area contributed by atoms with Crippen molar-refractivity contribution < 1.29 is 4.79 Å². The highest BCUT2D eigenvalue weighted by Gasteiger charge is 2.48. The van der Waals surface area contributed by atoms with Crippen molar-refractivity contribution in [2.45, 2.75) is 95.3 Å². The third-order valence-corrected chi connectivity index (χ3v) is 8.63. The zero-order chi connectivity index (χ0) is 21.0. The maximum absolute atomic E-state index is 12.5. The number of hydrogen-bond donors (Lipinski definition) is 1. The van der Waals surface area contributed by atoms with E-state index in [0.29, 0.717) is 18.5 Å². The molecule has 0 bridgehead atoms. The van der Waals surface area contributed by atoms with Crippen LogP contribution in [-0.4, -0.2) is 53.5 Å². The van der Waals surface area contributed by atoms with Gasteiger partial charge in [-0.1, -0.05) is 43.2 Å². The van der Waals surface area contributed by atoms with Gasteiger partial charge in [0.05, 0.1) is 0 Å². The van der Waals surface area contributed by atoms with Gasteiger partial charge in [-0.3, -0.25) is 14.6 Å². The van der Waals surface area contributed by atoms with Gasteiger partial charge in [0.2, 0.25) is 5.91 Å². The lowest BCUT2D eigenvalue weighted by molar-refractivity contribution is -0.122. The van der Waals surface area contributed by atoms with E-state index in [1.165, 1.54) is 83.0 Å². The van der Waals surface area contributed by atoms with Gasteiger partial charge in [-0.2, -0.15) is 0 Å². The molecule has 0 aromatic heterocycles. The van der Waals surface area contributed by atoms with E-state index in [0.717, 1.165) is 30.8 Å². The fraction of sp³-hybridized carbons (Fsp3) is 0.741. The first-order valence-corrected chi connectivity index (χ1v) is 13.1. The molecule has 1 aromatic rings. The summed E-state index contributed by atoms with van der Waals surface area (Å²) in [7, 11) is 0. The van der Waals surface area contributed by atoms with E-state index in [1.54, 1.807) is 0 Å². The maximum Gasteiger partial charge on any atom is 0.220 e. The summed E-state index contributed by atoms with van der Waals surface area (Å²) < 4.78 is 0. The third-order valence-electron chi connectivity index (χ3n) is 8.63. The quantitative estimate of drug-likeness (QED) is 0.697. The van der Waals surface area contributed by atoms with Crippen LogP contribution in [0.3, 0.4) is 0 Å². The number of benzene rings is 1. The summed E-state index contributed by atoms with van der Waals surface area (Å²) >= 11 is 0. The minimum Gasteiger partial charge on any atom is -0.353 e. The van der Waals surface area contributed by atoms with Gasteiger partial charge < -0.3 is 5.32 Å². The monoisotopic (exact) mass is 423 g/mol. The maximum atomic E-state index is 12.5. The number of likely N-dealkylation sites (tertiary alicyclic amines) is 1. The molecule has 0 spiro atoms. The Morgan fingerprint density at radius 2 is 1.74 bits per heavy atom. The smallest absolute Gasteiger partial charge is 0.220 e. The molecule has 0 radical (unpaired) electrons. The molecule has 1 N–H and O–H groups in total. The summed E-state index contributed by atoms with van der Waals surface area (Å²) in [6.45, 7) is 4.94. The molecule has 0 unspecified atom stereocenters. The number of rotatable bonds is 7. The van der Waals surface area contributed by atoms with Crippen LogP contribution in [0.25, 0.3) is 0 Å². The summed E-state index contributed by atoms with van der Waals surface area (Å²) in [6.07, 6.45) is 13.3. The van der Waals surface area contributed by atoms with Crippen molar-refractivity contribution in [3.63, 3.8) is 0 Å². The molecule has 4 aliphatic rings. The standard InChI is InChI=1S/C27H41N3O/c31-26(28-23-12-4-5-13-23)16-6-15-25-24-14-8-18-29-17-7-11-22(27(24)29)20-30(25)19-21-9-2-1-3-10-21/h1-3,9-10,22-25,27H,4-8,11-20H2,(H,28,31)/t22-,24+,25+,27-/m0/s1. The van der Waals surface area contributed by atoms with E-state index >= 15 is 0 Å². The third kappa shape index (κ3) is 5.01. The second-order valence-electron chi connectivity index (χ2n) is 10.7. The topological polar surface area (TPSA) is 35.6 Å². The minimum atomic E-state index is 0.290. The van der Waals surface area contributed by atoms with Crippen molar-refractivity contribution in [1.29, 1.82) is 0 Å². The predicted octanol–water partition coefficient (Wildman–Crippen LogP) is 4.59. The SMILES string of the molecule is O=C(CCC[C@@H]1[C@H]2CCCN3CCC[C@@H](CN1Cc1ccccc1)[C@@H]23)NC1CCCC1. The number of amides is 1. The number of hydrogen-bond acceptors (Lipinski definition) is 3. The molecule has 170 valence electrons. The van der Waals surface area contributed by atoms with Crippen molar-refractivity contribution in [3.05, 3.63) is 35.9 Å². The molecule has 4 nitrogen and oxygen atoms in total. The lowest BCUT2D eigenvalue weighted by Crippen LogP contribution is -2.64.